The number of aliphatic hydroxyl groups excluding tert-OH is 1. The van der Waals surface area contributed by atoms with Crippen LogP contribution in [0.3, 0.4) is 0 Å². The smallest absolute Gasteiger partial charge is 0.396 e. The fourth-order valence-electron chi connectivity index (χ4n) is 2.78. The predicted molar refractivity (Wildman–Crippen MR) is 94.1 cm³/mol. The van der Waals surface area contributed by atoms with E-state index >= 15 is 0 Å². The van der Waals surface area contributed by atoms with Crippen LogP contribution in [0.15, 0.2) is 0 Å². The fourth-order valence-corrected chi connectivity index (χ4v) is 4.57. The molecule has 0 spiro atoms. The minimum atomic E-state index is -2.33. The first kappa shape index (κ1) is 22.1. The molecule has 0 saturated carbocycles. The summed E-state index contributed by atoms with van der Waals surface area (Å²) in [5.41, 5.74) is 0. The Bertz CT molecular complexity index is 214. The molecule has 0 bridgehead atoms. The van der Waals surface area contributed by atoms with E-state index in [1.807, 2.05) is 0 Å². The van der Waals surface area contributed by atoms with Gasteiger partial charge >= 0.3 is 8.80 Å². The Morgan fingerprint density at radius 3 is 1.18 bits per heavy atom. The summed E-state index contributed by atoms with van der Waals surface area (Å²) in [6.07, 6.45) is 15.2. The van der Waals surface area contributed by atoms with Gasteiger partial charge in [0.1, 0.15) is 0 Å². The molecule has 0 aliphatic heterocycles. The molecule has 134 valence electrons. The summed E-state index contributed by atoms with van der Waals surface area (Å²) in [4.78, 5) is 0. The lowest BCUT2D eigenvalue weighted by molar-refractivity contribution is 0.122. The van der Waals surface area contributed by atoms with E-state index in [-0.39, 0.29) is 0 Å². The van der Waals surface area contributed by atoms with Gasteiger partial charge in [0.2, 0.25) is 0 Å². The molecule has 0 saturated heterocycles. The molecule has 4 nitrogen and oxygen atoms in total. The summed E-state index contributed by atoms with van der Waals surface area (Å²) in [5.74, 6) is 0. The summed E-state index contributed by atoms with van der Waals surface area (Å²) in [7, 11) is 2.72. The minimum Gasteiger partial charge on any atom is -0.396 e. The molecule has 0 aliphatic carbocycles. The van der Waals surface area contributed by atoms with E-state index in [0.717, 1.165) is 18.9 Å². The molecule has 0 unspecified atom stereocenters. The van der Waals surface area contributed by atoms with E-state index in [0.29, 0.717) is 6.61 Å². The maximum atomic E-state index is 8.70. The molecule has 0 fully saturated rings. The second-order valence-corrected chi connectivity index (χ2v) is 9.10. The van der Waals surface area contributed by atoms with E-state index in [1.54, 1.807) is 21.3 Å². The van der Waals surface area contributed by atoms with Crippen molar-refractivity contribution in [1.29, 1.82) is 0 Å². The lowest BCUT2D eigenvalue weighted by Gasteiger charge is -2.24. The minimum absolute atomic E-state index is 0.350. The average molecular weight is 335 g/mol. The molecule has 0 atom stereocenters. The molecule has 0 radical (unpaired) electrons. The normalized spacial score (nSPS) is 12.0. The van der Waals surface area contributed by atoms with Crippen molar-refractivity contribution < 1.29 is 18.4 Å². The summed E-state index contributed by atoms with van der Waals surface area (Å²) < 4.78 is 16.3. The monoisotopic (exact) mass is 334 g/mol. The van der Waals surface area contributed by atoms with Crippen LogP contribution in [-0.4, -0.2) is 41.8 Å². The van der Waals surface area contributed by atoms with E-state index in [4.69, 9.17) is 18.4 Å². The Balaban J connectivity index is 3.27. The maximum absolute atomic E-state index is 8.70. The average Bonchev–Trinajstić information content (AvgIpc) is 2.56. The first-order chi connectivity index (χ1) is 10.7. The zero-order valence-electron chi connectivity index (χ0n) is 15.1. The van der Waals surface area contributed by atoms with Crippen molar-refractivity contribution in [1.82, 2.24) is 0 Å². The van der Waals surface area contributed by atoms with E-state index < -0.39 is 8.80 Å². The lowest BCUT2D eigenvalue weighted by Crippen LogP contribution is -2.42. The summed E-state index contributed by atoms with van der Waals surface area (Å²) >= 11 is 0. The van der Waals surface area contributed by atoms with Crippen LogP contribution in [0, 0.1) is 0 Å². The fraction of sp³-hybridized carbons (Fsp3) is 1.00. The Labute approximate surface area is 138 Å². The van der Waals surface area contributed by atoms with Crippen LogP contribution < -0.4 is 0 Å². The van der Waals surface area contributed by atoms with Gasteiger partial charge in [-0.2, -0.15) is 0 Å². The van der Waals surface area contributed by atoms with Crippen molar-refractivity contribution in [2.45, 2.75) is 83.1 Å². The van der Waals surface area contributed by atoms with Gasteiger partial charge in [-0.25, -0.2) is 0 Å². The molecule has 0 rings (SSSR count). The van der Waals surface area contributed by atoms with E-state index in [2.05, 4.69) is 0 Å². The molecular weight excluding hydrogens is 296 g/mol. The largest absolute Gasteiger partial charge is 0.500 e. The highest BCUT2D eigenvalue weighted by molar-refractivity contribution is 6.60. The maximum Gasteiger partial charge on any atom is 0.500 e. The van der Waals surface area contributed by atoms with Gasteiger partial charge in [0.05, 0.1) is 0 Å². The van der Waals surface area contributed by atoms with Gasteiger partial charge in [0, 0.05) is 34.0 Å². The first-order valence-electron chi connectivity index (χ1n) is 9.01. The molecule has 5 heteroatoms. The Morgan fingerprint density at radius 1 is 0.545 bits per heavy atom. The van der Waals surface area contributed by atoms with Crippen LogP contribution >= 0.6 is 0 Å². The van der Waals surface area contributed by atoms with Crippen molar-refractivity contribution in [2.75, 3.05) is 27.9 Å². The predicted octanol–water partition coefficient (Wildman–Crippen LogP) is 4.54. The third kappa shape index (κ3) is 11.6. The molecule has 1 N–H and O–H groups in total. The van der Waals surface area contributed by atoms with Gasteiger partial charge in [0.15, 0.2) is 0 Å². The van der Waals surface area contributed by atoms with Gasteiger partial charge in [-0.3, -0.25) is 0 Å². The highest BCUT2D eigenvalue weighted by Gasteiger charge is 2.36. The second kappa shape index (κ2) is 15.9. The van der Waals surface area contributed by atoms with Crippen LogP contribution in [0.2, 0.25) is 6.04 Å². The van der Waals surface area contributed by atoms with Gasteiger partial charge in [0.25, 0.3) is 0 Å². The van der Waals surface area contributed by atoms with Gasteiger partial charge < -0.3 is 18.4 Å². The van der Waals surface area contributed by atoms with Crippen LogP contribution in [0.4, 0.5) is 0 Å². The van der Waals surface area contributed by atoms with Crippen LogP contribution in [0.5, 0.6) is 0 Å². The van der Waals surface area contributed by atoms with Crippen LogP contribution in [0.1, 0.15) is 77.0 Å². The molecule has 0 aromatic heterocycles. The number of rotatable bonds is 17. The molecule has 0 heterocycles. The van der Waals surface area contributed by atoms with Crippen molar-refractivity contribution in [3.05, 3.63) is 0 Å². The quantitative estimate of drug-likeness (QED) is 0.313. The van der Waals surface area contributed by atoms with E-state index in [9.17, 15) is 0 Å². The molecular formula is C17H38O4Si. The first-order valence-corrected chi connectivity index (χ1v) is 10.9. The lowest BCUT2D eigenvalue weighted by atomic mass is 10.1. The number of aliphatic hydroxyl groups is 1. The Morgan fingerprint density at radius 2 is 0.864 bits per heavy atom. The van der Waals surface area contributed by atoms with Crippen molar-refractivity contribution >= 4 is 8.80 Å². The van der Waals surface area contributed by atoms with Crippen molar-refractivity contribution in [2.24, 2.45) is 0 Å². The Hall–Kier alpha value is 0.0569. The van der Waals surface area contributed by atoms with Gasteiger partial charge in [-0.1, -0.05) is 64.2 Å². The summed E-state index contributed by atoms with van der Waals surface area (Å²) in [6.45, 7) is 0.350. The summed E-state index contributed by atoms with van der Waals surface area (Å²) in [6, 6.07) is 0.921. The highest BCUT2D eigenvalue weighted by Crippen LogP contribution is 2.18. The number of unbranched alkanes of at least 4 members (excludes halogenated alkanes) is 11. The molecule has 0 aromatic carbocycles. The van der Waals surface area contributed by atoms with Crippen LogP contribution in [-0.2, 0) is 13.3 Å². The zero-order chi connectivity index (χ0) is 16.5. The molecule has 0 aromatic rings. The van der Waals surface area contributed by atoms with Crippen molar-refractivity contribution in [3.63, 3.8) is 0 Å². The number of hydrogen-bond donors (Lipinski definition) is 1. The summed E-state index contributed by atoms with van der Waals surface area (Å²) in [5, 5.41) is 8.70. The van der Waals surface area contributed by atoms with Crippen LogP contribution in [0.25, 0.3) is 0 Å². The Kier molecular flexibility index (Phi) is 16.0. The second-order valence-electron chi connectivity index (χ2n) is 6.01. The highest BCUT2D eigenvalue weighted by atomic mass is 28.4. The zero-order valence-corrected chi connectivity index (χ0v) is 16.1. The molecule has 0 amide bonds. The third-order valence-corrected chi connectivity index (χ3v) is 7.16. The molecule has 22 heavy (non-hydrogen) atoms. The van der Waals surface area contributed by atoms with Crippen molar-refractivity contribution in [3.8, 4) is 0 Å². The third-order valence-electron chi connectivity index (χ3n) is 4.32. The standard InChI is InChI=1S/C17H38O4Si/c1-19-22(20-2,21-3)17-15-13-11-9-7-5-4-6-8-10-12-14-16-18/h18H,4-17H2,1-3H3. The van der Waals surface area contributed by atoms with Gasteiger partial charge in [-0.05, 0) is 12.8 Å². The van der Waals surface area contributed by atoms with Gasteiger partial charge in [-0.15, -0.1) is 0 Å². The number of hydrogen-bond acceptors (Lipinski definition) is 4. The van der Waals surface area contributed by atoms with E-state index in [1.165, 1.54) is 64.2 Å². The topological polar surface area (TPSA) is 47.9 Å². The molecule has 0 aliphatic rings. The SMILES string of the molecule is CO[Si](CCCCCCCCCCCCCCO)(OC)OC.